The number of benzene rings is 3. The second-order valence-electron chi connectivity index (χ2n) is 7.51. The molecule has 0 N–H and O–H groups in total. The Morgan fingerprint density at radius 2 is 1.69 bits per heavy atom. The highest BCUT2D eigenvalue weighted by Gasteiger charge is 2.31. The van der Waals surface area contributed by atoms with Crippen LogP contribution in [0.5, 0.6) is 0 Å². The van der Waals surface area contributed by atoms with Gasteiger partial charge in [0.05, 0.1) is 17.7 Å². The third-order valence-electron chi connectivity index (χ3n) is 5.24. The molecule has 4 rings (SSSR count). The van der Waals surface area contributed by atoms with Crippen molar-refractivity contribution in [3.8, 4) is 0 Å². The molecule has 3 aromatic carbocycles. The number of ether oxygens (including phenoxy) is 1. The van der Waals surface area contributed by atoms with Gasteiger partial charge >= 0.3 is 5.97 Å². The molecule has 7 nitrogen and oxygen atoms in total. The fourth-order valence-corrected chi connectivity index (χ4v) is 5.09. The predicted molar refractivity (Wildman–Crippen MR) is 134 cm³/mol. The van der Waals surface area contributed by atoms with Gasteiger partial charge in [-0.15, -0.1) is 0 Å². The van der Waals surface area contributed by atoms with Crippen LogP contribution in [0.25, 0.3) is 17.0 Å². The monoisotopic (exact) mass is 509 g/mol. The van der Waals surface area contributed by atoms with Crippen molar-refractivity contribution in [1.82, 2.24) is 0 Å². The van der Waals surface area contributed by atoms with Crippen molar-refractivity contribution in [2.24, 2.45) is 0 Å². The van der Waals surface area contributed by atoms with Gasteiger partial charge in [-0.3, -0.25) is 4.79 Å². The molecule has 0 spiro atoms. The van der Waals surface area contributed by atoms with Crippen LogP contribution in [0.1, 0.15) is 21.7 Å². The molecule has 0 saturated carbocycles. The zero-order valence-corrected chi connectivity index (χ0v) is 20.3. The van der Waals surface area contributed by atoms with Gasteiger partial charge < -0.3 is 9.15 Å². The number of sulfonamides is 1. The van der Waals surface area contributed by atoms with E-state index >= 15 is 0 Å². The lowest BCUT2D eigenvalue weighted by Crippen LogP contribution is -2.35. The predicted octanol–water partition coefficient (Wildman–Crippen LogP) is 5.62. The fourth-order valence-electron chi connectivity index (χ4n) is 3.59. The molecule has 0 aliphatic heterocycles. The average Bonchev–Trinajstić information content (AvgIpc) is 3.18. The molecule has 0 aliphatic rings. The first-order valence-electron chi connectivity index (χ1n) is 10.4. The quantitative estimate of drug-likeness (QED) is 0.247. The van der Waals surface area contributed by atoms with E-state index < -0.39 is 21.9 Å². The van der Waals surface area contributed by atoms with E-state index in [1.54, 1.807) is 31.2 Å². The molecular weight excluding hydrogens is 490 g/mol. The average molecular weight is 510 g/mol. The molecule has 4 aromatic rings. The number of furan rings is 1. The molecule has 9 heteroatoms. The Balaban J connectivity index is 1.88. The van der Waals surface area contributed by atoms with E-state index in [0.29, 0.717) is 26.1 Å². The number of methoxy groups -OCH3 is 1. The lowest BCUT2D eigenvalue weighted by atomic mass is 10.1. The van der Waals surface area contributed by atoms with Gasteiger partial charge in [0.2, 0.25) is 0 Å². The first kappa shape index (κ1) is 24.3. The second-order valence-corrected chi connectivity index (χ2v) is 9.73. The van der Waals surface area contributed by atoms with Gasteiger partial charge in [0.1, 0.15) is 16.9 Å². The standard InChI is InChI=1S/C26H20ClNO6S/c1-17-25(26(30)33-2)22-16-20(11-14-23(22)34-17)28(24(29)15-8-18-6-4-3-5-7-18)35(31,32)21-12-9-19(27)10-13-21/h3-16H,1-2H3. The maximum atomic E-state index is 13.6. The highest BCUT2D eigenvalue weighted by molar-refractivity contribution is 7.93. The van der Waals surface area contributed by atoms with Crippen LogP contribution in [0.3, 0.4) is 0 Å². The summed E-state index contributed by atoms with van der Waals surface area (Å²) >= 11 is 5.93. The van der Waals surface area contributed by atoms with E-state index in [2.05, 4.69) is 0 Å². The Morgan fingerprint density at radius 3 is 2.34 bits per heavy atom. The topological polar surface area (TPSA) is 93.9 Å². The van der Waals surface area contributed by atoms with E-state index in [1.165, 1.54) is 61.7 Å². The van der Waals surface area contributed by atoms with E-state index in [-0.39, 0.29) is 16.1 Å². The van der Waals surface area contributed by atoms with Crippen molar-refractivity contribution >= 4 is 56.2 Å². The lowest BCUT2D eigenvalue weighted by Gasteiger charge is -2.21. The van der Waals surface area contributed by atoms with Crippen molar-refractivity contribution in [2.75, 3.05) is 11.4 Å². The summed E-state index contributed by atoms with van der Waals surface area (Å²) in [4.78, 5) is 25.5. The summed E-state index contributed by atoms with van der Waals surface area (Å²) < 4.78 is 38.4. The number of hydrogen-bond donors (Lipinski definition) is 0. The van der Waals surface area contributed by atoms with Crippen molar-refractivity contribution < 1.29 is 27.2 Å². The highest BCUT2D eigenvalue weighted by atomic mass is 35.5. The molecule has 1 aromatic heterocycles. The second kappa shape index (κ2) is 9.77. The molecule has 0 atom stereocenters. The lowest BCUT2D eigenvalue weighted by molar-refractivity contribution is -0.113. The van der Waals surface area contributed by atoms with E-state index in [4.69, 9.17) is 20.8 Å². The van der Waals surface area contributed by atoms with Gasteiger partial charge in [-0.1, -0.05) is 41.9 Å². The van der Waals surface area contributed by atoms with Gasteiger partial charge in [-0.2, -0.15) is 4.31 Å². The molecule has 1 heterocycles. The number of amides is 1. The fraction of sp³-hybridized carbons (Fsp3) is 0.0769. The minimum Gasteiger partial charge on any atom is -0.465 e. The number of carbonyl (C=O) groups excluding carboxylic acids is 2. The summed E-state index contributed by atoms with van der Waals surface area (Å²) in [5, 5.41) is 0.673. The first-order chi connectivity index (χ1) is 16.7. The Morgan fingerprint density at radius 1 is 1.00 bits per heavy atom. The van der Waals surface area contributed by atoms with Crippen LogP contribution < -0.4 is 4.31 Å². The number of nitrogens with zero attached hydrogens (tertiary/aromatic N) is 1. The minimum absolute atomic E-state index is 0.0288. The number of halogens is 1. The summed E-state index contributed by atoms with van der Waals surface area (Å²) in [6, 6.07) is 18.8. The number of hydrogen-bond acceptors (Lipinski definition) is 6. The maximum Gasteiger partial charge on any atom is 0.342 e. The van der Waals surface area contributed by atoms with E-state index in [0.717, 1.165) is 5.56 Å². The van der Waals surface area contributed by atoms with Crippen LogP contribution in [0.15, 0.2) is 88.2 Å². The minimum atomic E-state index is -4.35. The number of rotatable bonds is 6. The zero-order chi connectivity index (χ0) is 25.2. The molecule has 0 unspecified atom stereocenters. The first-order valence-corrected chi connectivity index (χ1v) is 12.2. The van der Waals surface area contributed by atoms with Gasteiger partial charge in [0.25, 0.3) is 15.9 Å². The van der Waals surface area contributed by atoms with Crippen LogP contribution in [0.4, 0.5) is 5.69 Å². The van der Waals surface area contributed by atoms with Crippen molar-refractivity contribution in [3.05, 3.63) is 101 Å². The Kier molecular flexibility index (Phi) is 6.77. The number of carbonyl (C=O) groups is 2. The van der Waals surface area contributed by atoms with Gasteiger partial charge in [-0.05, 0) is 61.0 Å². The van der Waals surface area contributed by atoms with Crippen molar-refractivity contribution in [3.63, 3.8) is 0 Å². The van der Waals surface area contributed by atoms with Crippen LogP contribution in [0.2, 0.25) is 5.02 Å². The maximum absolute atomic E-state index is 13.6. The van der Waals surface area contributed by atoms with Gasteiger partial charge in [-0.25, -0.2) is 13.2 Å². The summed E-state index contributed by atoms with van der Waals surface area (Å²) in [5.74, 6) is -1.13. The summed E-state index contributed by atoms with van der Waals surface area (Å²) in [6.07, 6.45) is 2.70. The third-order valence-corrected chi connectivity index (χ3v) is 7.23. The van der Waals surface area contributed by atoms with Crippen LogP contribution in [0, 0.1) is 6.92 Å². The highest BCUT2D eigenvalue weighted by Crippen LogP contribution is 2.33. The molecule has 35 heavy (non-hydrogen) atoms. The molecule has 0 aliphatic carbocycles. The summed E-state index contributed by atoms with van der Waals surface area (Å²) in [6.45, 7) is 1.60. The van der Waals surface area contributed by atoms with Gasteiger partial charge in [0.15, 0.2) is 0 Å². The van der Waals surface area contributed by atoms with Gasteiger partial charge in [0, 0.05) is 16.5 Å². The van der Waals surface area contributed by atoms with Crippen LogP contribution in [-0.2, 0) is 19.6 Å². The summed E-state index contributed by atoms with van der Waals surface area (Å²) in [5.41, 5.74) is 1.25. The normalized spacial score (nSPS) is 11.6. The van der Waals surface area contributed by atoms with Crippen LogP contribution in [-0.4, -0.2) is 27.4 Å². The largest absolute Gasteiger partial charge is 0.465 e. The molecule has 0 radical (unpaired) electrons. The number of fused-ring (bicyclic) bond motifs is 1. The smallest absolute Gasteiger partial charge is 0.342 e. The van der Waals surface area contributed by atoms with E-state index in [9.17, 15) is 18.0 Å². The molecular formula is C26H20ClNO6S. The van der Waals surface area contributed by atoms with Crippen LogP contribution >= 0.6 is 11.6 Å². The Bertz CT molecular complexity index is 1540. The molecule has 0 fully saturated rings. The Hall–Kier alpha value is -3.88. The Labute approximate surface area is 207 Å². The molecule has 1 amide bonds. The number of esters is 1. The summed E-state index contributed by atoms with van der Waals surface area (Å²) in [7, 11) is -3.11. The van der Waals surface area contributed by atoms with Crippen molar-refractivity contribution in [2.45, 2.75) is 11.8 Å². The number of anilines is 1. The molecule has 0 bridgehead atoms. The third kappa shape index (κ3) is 4.84. The van der Waals surface area contributed by atoms with E-state index in [1.807, 2.05) is 6.07 Å². The SMILES string of the molecule is COC(=O)c1c(C)oc2ccc(N(C(=O)C=Cc3ccccc3)S(=O)(=O)c3ccc(Cl)cc3)cc12. The number of aryl methyl sites for hydroxylation is 1. The molecule has 0 saturated heterocycles. The van der Waals surface area contributed by atoms with Crippen molar-refractivity contribution in [1.29, 1.82) is 0 Å². The molecule has 178 valence electrons. The zero-order valence-electron chi connectivity index (χ0n) is 18.8.